The standard InChI is InChI=1S/C12H8F3N3O3/c13-12(14,15)7-3-4-16-8(5-7)9-17-21-11(20)18(9)10(19)6-1-2-6/h3-6H,1-2H2. The lowest BCUT2D eigenvalue weighted by Crippen LogP contribution is -2.25. The molecule has 110 valence electrons. The summed E-state index contributed by atoms with van der Waals surface area (Å²) in [4.78, 5) is 27.2. The van der Waals surface area contributed by atoms with Crippen molar-refractivity contribution in [1.82, 2.24) is 14.7 Å². The fourth-order valence-corrected chi connectivity index (χ4v) is 1.85. The van der Waals surface area contributed by atoms with Crippen molar-refractivity contribution in [2.45, 2.75) is 19.0 Å². The van der Waals surface area contributed by atoms with Crippen molar-refractivity contribution in [2.24, 2.45) is 5.92 Å². The van der Waals surface area contributed by atoms with Crippen LogP contribution in [0.1, 0.15) is 23.2 Å². The Bertz CT molecular complexity index is 759. The molecule has 0 spiro atoms. The van der Waals surface area contributed by atoms with Gasteiger partial charge in [0.15, 0.2) is 0 Å². The number of rotatable bonds is 2. The number of nitrogens with zero attached hydrogens (tertiary/aromatic N) is 3. The van der Waals surface area contributed by atoms with Crippen molar-refractivity contribution in [3.8, 4) is 11.5 Å². The van der Waals surface area contributed by atoms with Crippen LogP contribution in [0.15, 0.2) is 27.6 Å². The highest BCUT2D eigenvalue weighted by Crippen LogP contribution is 2.33. The fourth-order valence-electron chi connectivity index (χ4n) is 1.85. The van der Waals surface area contributed by atoms with Gasteiger partial charge in [-0.25, -0.2) is 4.79 Å². The maximum absolute atomic E-state index is 12.7. The summed E-state index contributed by atoms with van der Waals surface area (Å²) in [6.45, 7) is 0. The van der Waals surface area contributed by atoms with Crippen LogP contribution in [0.5, 0.6) is 0 Å². The second kappa shape index (κ2) is 4.54. The van der Waals surface area contributed by atoms with Crippen LogP contribution in [-0.2, 0) is 6.18 Å². The predicted molar refractivity (Wildman–Crippen MR) is 62.3 cm³/mol. The van der Waals surface area contributed by atoms with Gasteiger partial charge in [0.05, 0.1) is 5.56 Å². The minimum Gasteiger partial charge on any atom is -0.295 e. The van der Waals surface area contributed by atoms with Crippen molar-refractivity contribution in [3.63, 3.8) is 0 Å². The second-order valence-electron chi connectivity index (χ2n) is 4.65. The first-order valence-electron chi connectivity index (χ1n) is 6.04. The molecule has 1 fully saturated rings. The Morgan fingerprint density at radius 3 is 2.71 bits per heavy atom. The zero-order valence-electron chi connectivity index (χ0n) is 10.4. The van der Waals surface area contributed by atoms with Gasteiger partial charge in [-0.3, -0.25) is 14.3 Å². The molecule has 1 aliphatic carbocycles. The molecule has 9 heteroatoms. The number of halogens is 3. The number of alkyl halides is 3. The predicted octanol–water partition coefficient (Wildman–Crippen LogP) is 1.97. The van der Waals surface area contributed by atoms with Crippen LogP contribution in [0.3, 0.4) is 0 Å². The van der Waals surface area contributed by atoms with Crippen LogP contribution in [-0.4, -0.2) is 20.6 Å². The molecule has 0 N–H and O–H groups in total. The molecule has 0 aromatic carbocycles. The highest BCUT2D eigenvalue weighted by atomic mass is 19.4. The maximum atomic E-state index is 12.7. The highest BCUT2D eigenvalue weighted by molar-refractivity contribution is 5.86. The molecular weight excluding hydrogens is 291 g/mol. The summed E-state index contributed by atoms with van der Waals surface area (Å²) < 4.78 is 43.1. The number of hydrogen-bond acceptors (Lipinski definition) is 5. The number of aromatic nitrogens is 3. The number of pyridine rings is 1. The SMILES string of the molecule is O=C(C1CC1)n1c(-c2cc(C(F)(F)F)ccn2)noc1=O. The van der Waals surface area contributed by atoms with E-state index in [1.807, 2.05) is 0 Å². The first-order valence-corrected chi connectivity index (χ1v) is 6.04. The van der Waals surface area contributed by atoms with E-state index in [-0.39, 0.29) is 17.4 Å². The largest absolute Gasteiger partial charge is 0.448 e. The molecule has 2 aromatic heterocycles. The molecule has 0 bridgehead atoms. The van der Waals surface area contributed by atoms with Gasteiger partial charge in [0.1, 0.15) is 5.69 Å². The monoisotopic (exact) mass is 299 g/mol. The average Bonchev–Trinajstić information content (AvgIpc) is 3.20. The third-order valence-corrected chi connectivity index (χ3v) is 3.07. The van der Waals surface area contributed by atoms with Crippen molar-refractivity contribution < 1.29 is 22.5 Å². The van der Waals surface area contributed by atoms with Gasteiger partial charge in [0.25, 0.3) is 0 Å². The van der Waals surface area contributed by atoms with Gasteiger partial charge in [0, 0.05) is 12.1 Å². The second-order valence-corrected chi connectivity index (χ2v) is 4.65. The van der Waals surface area contributed by atoms with E-state index >= 15 is 0 Å². The minimum absolute atomic E-state index is 0.246. The first kappa shape index (κ1) is 13.5. The van der Waals surface area contributed by atoms with Crippen LogP contribution >= 0.6 is 0 Å². The third kappa shape index (κ3) is 2.46. The fraction of sp³-hybridized carbons (Fsp3) is 0.333. The van der Waals surface area contributed by atoms with Gasteiger partial charge < -0.3 is 0 Å². The minimum atomic E-state index is -4.56. The topological polar surface area (TPSA) is 78.0 Å². The molecule has 2 aromatic rings. The molecule has 3 rings (SSSR count). The third-order valence-electron chi connectivity index (χ3n) is 3.07. The molecule has 0 saturated heterocycles. The van der Waals surface area contributed by atoms with Gasteiger partial charge in [-0.1, -0.05) is 5.16 Å². The van der Waals surface area contributed by atoms with Crippen LogP contribution < -0.4 is 5.76 Å². The van der Waals surface area contributed by atoms with E-state index in [2.05, 4.69) is 14.7 Å². The summed E-state index contributed by atoms with van der Waals surface area (Å²) >= 11 is 0. The van der Waals surface area contributed by atoms with Gasteiger partial charge in [0.2, 0.25) is 11.7 Å². The molecule has 6 nitrogen and oxygen atoms in total. The molecule has 0 unspecified atom stereocenters. The summed E-state index contributed by atoms with van der Waals surface area (Å²) in [5.74, 6) is -2.19. The Hall–Kier alpha value is -2.45. The molecular formula is C12H8F3N3O3. The average molecular weight is 299 g/mol. The molecule has 1 saturated carbocycles. The van der Waals surface area contributed by atoms with Crippen LogP contribution in [0.25, 0.3) is 11.5 Å². The van der Waals surface area contributed by atoms with Crippen molar-refractivity contribution in [2.75, 3.05) is 0 Å². The smallest absolute Gasteiger partial charge is 0.295 e. The lowest BCUT2D eigenvalue weighted by atomic mass is 10.2. The summed E-state index contributed by atoms with van der Waals surface area (Å²) in [6.07, 6.45) is -2.37. The van der Waals surface area contributed by atoms with Crippen LogP contribution in [0.4, 0.5) is 13.2 Å². The molecule has 0 amide bonds. The molecule has 1 aliphatic rings. The lowest BCUT2D eigenvalue weighted by molar-refractivity contribution is -0.137. The van der Waals surface area contributed by atoms with Crippen molar-refractivity contribution >= 4 is 5.91 Å². The summed E-state index contributed by atoms with van der Waals surface area (Å²) in [6, 6.07) is 1.50. The molecule has 21 heavy (non-hydrogen) atoms. The van der Waals surface area contributed by atoms with E-state index in [0.29, 0.717) is 23.5 Å². The van der Waals surface area contributed by atoms with E-state index in [1.54, 1.807) is 0 Å². The Morgan fingerprint density at radius 2 is 2.10 bits per heavy atom. The number of carbonyl (C=O) groups excluding carboxylic acids is 1. The maximum Gasteiger partial charge on any atom is 0.448 e. The Morgan fingerprint density at radius 1 is 1.38 bits per heavy atom. The Kier molecular flexibility index (Phi) is 2.92. The van der Waals surface area contributed by atoms with E-state index < -0.39 is 23.4 Å². The van der Waals surface area contributed by atoms with Crippen molar-refractivity contribution in [3.05, 3.63) is 34.4 Å². The Labute approximate surface area is 115 Å². The van der Waals surface area contributed by atoms with E-state index in [1.165, 1.54) is 0 Å². The van der Waals surface area contributed by atoms with Gasteiger partial charge in [-0.15, -0.1) is 0 Å². The zero-order valence-corrected chi connectivity index (χ0v) is 10.4. The van der Waals surface area contributed by atoms with Gasteiger partial charge >= 0.3 is 11.9 Å². The van der Waals surface area contributed by atoms with E-state index in [0.717, 1.165) is 12.3 Å². The van der Waals surface area contributed by atoms with Gasteiger partial charge in [-0.05, 0) is 25.0 Å². The summed E-state index contributed by atoms with van der Waals surface area (Å²) in [5.41, 5.74) is -1.20. The van der Waals surface area contributed by atoms with Crippen LogP contribution in [0, 0.1) is 5.92 Å². The first-order chi connectivity index (χ1) is 9.88. The molecule has 2 heterocycles. The normalized spacial score (nSPS) is 15.2. The summed E-state index contributed by atoms with van der Waals surface area (Å²) in [5, 5.41) is 3.37. The highest BCUT2D eigenvalue weighted by Gasteiger charge is 2.35. The quantitative estimate of drug-likeness (QED) is 0.847. The van der Waals surface area contributed by atoms with E-state index in [4.69, 9.17) is 0 Å². The summed E-state index contributed by atoms with van der Waals surface area (Å²) in [7, 11) is 0. The number of hydrogen-bond donors (Lipinski definition) is 0. The Balaban J connectivity index is 2.09. The zero-order chi connectivity index (χ0) is 15.2. The molecule has 0 atom stereocenters. The van der Waals surface area contributed by atoms with Crippen molar-refractivity contribution in [1.29, 1.82) is 0 Å². The van der Waals surface area contributed by atoms with Crippen LogP contribution in [0.2, 0.25) is 0 Å². The van der Waals surface area contributed by atoms with Gasteiger partial charge in [-0.2, -0.15) is 17.7 Å². The molecule has 0 aliphatic heterocycles. The molecule has 0 radical (unpaired) electrons. The number of carbonyl (C=O) groups is 1. The van der Waals surface area contributed by atoms with E-state index in [9.17, 15) is 22.8 Å². The lowest BCUT2D eigenvalue weighted by Gasteiger charge is -2.07.